The molecule has 1 aromatic carbocycles. The third kappa shape index (κ3) is 4.41. The molecule has 1 aliphatic rings. The second-order valence-corrected chi connectivity index (χ2v) is 8.68. The van der Waals surface area contributed by atoms with Crippen molar-refractivity contribution in [3.05, 3.63) is 41.2 Å². The Morgan fingerprint density at radius 3 is 2.46 bits per heavy atom. The first kappa shape index (κ1) is 18.8. The van der Waals surface area contributed by atoms with Gasteiger partial charge < -0.3 is 9.80 Å². The van der Waals surface area contributed by atoms with Crippen LogP contribution in [-0.4, -0.2) is 46.3 Å². The summed E-state index contributed by atoms with van der Waals surface area (Å²) >= 11 is 1.46. The number of carbonyl (C=O) groups excluding carboxylic acids is 1. The molecule has 140 valence electrons. The Kier molecular flexibility index (Phi) is 5.61. The Morgan fingerprint density at radius 2 is 1.85 bits per heavy atom. The number of aryl methyl sites for hydroxylation is 2. The number of piperazine rings is 1. The minimum Gasteiger partial charge on any atom is -0.343 e. The van der Waals surface area contributed by atoms with Crippen LogP contribution in [0.1, 0.15) is 44.1 Å². The molecule has 1 aromatic heterocycles. The summed E-state index contributed by atoms with van der Waals surface area (Å²) in [5.74, 6) is 1.15. The molecule has 0 radical (unpaired) electrons. The van der Waals surface area contributed by atoms with E-state index in [1.165, 1.54) is 22.7 Å². The van der Waals surface area contributed by atoms with Crippen LogP contribution in [-0.2, 0) is 16.6 Å². The van der Waals surface area contributed by atoms with Crippen molar-refractivity contribution in [2.45, 2.75) is 46.0 Å². The van der Waals surface area contributed by atoms with Gasteiger partial charge in [0.05, 0.1) is 0 Å². The van der Waals surface area contributed by atoms with Gasteiger partial charge >= 0.3 is 0 Å². The van der Waals surface area contributed by atoms with Crippen molar-refractivity contribution in [1.29, 1.82) is 0 Å². The van der Waals surface area contributed by atoms with Crippen LogP contribution < -0.4 is 4.90 Å². The normalized spacial score (nSPS) is 15.4. The predicted molar refractivity (Wildman–Crippen MR) is 107 cm³/mol. The molecule has 1 saturated heterocycles. The zero-order chi connectivity index (χ0) is 18.7. The lowest BCUT2D eigenvalue weighted by Crippen LogP contribution is -2.48. The van der Waals surface area contributed by atoms with Gasteiger partial charge in [-0.25, -0.2) is 4.98 Å². The van der Waals surface area contributed by atoms with Gasteiger partial charge in [-0.1, -0.05) is 45.0 Å². The lowest BCUT2D eigenvalue weighted by atomic mass is 9.96. The average Bonchev–Trinajstić information content (AvgIpc) is 3.11. The third-order valence-electron chi connectivity index (χ3n) is 4.86. The number of hydrogen-bond donors (Lipinski definition) is 0. The molecule has 1 fully saturated rings. The number of nitrogens with zero attached hydrogens (tertiary/aromatic N) is 4. The number of carbonyl (C=O) groups is 1. The summed E-state index contributed by atoms with van der Waals surface area (Å²) in [5.41, 5.74) is 2.50. The number of anilines is 1. The lowest BCUT2D eigenvalue weighted by Gasteiger charge is -2.34. The van der Waals surface area contributed by atoms with Gasteiger partial charge in [0.2, 0.25) is 11.0 Å². The fourth-order valence-corrected chi connectivity index (χ4v) is 3.99. The van der Waals surface area contributed by atoms with E-state index in [0.717, 1.165) is 43.6 Å². The van der Waals surface area contributed by atoms with E-state index in [-0.39, 0.29) is 11.3 Å². The summed E-state index contributed by atoms with van der Waals surface area (Å²) in [4.78, 5) is 21.5. The van der Waals surface area contributed by atoms with Crippen LogP contribution in [0.15, 0.2) is 24.3 Å². The largest absolute Gasteiger partial charge is 0.343 e. The Balaban J connectivity index is 1.51. The number of amides is 1. The molecule has 0 aliphatic carbocycles. The Labute approximate surface area is 160 Å². The monoisotopic (exact) mass is 372 g/mol. The van der Waals surface area contributed by atoms with Crippen LogP contribution >= 0.6 is 11.5 Å². The predicted octanol–water partition coefficient (Wildman–Crippen LogP) is 3.43. The fourth-order valence-electron chi connectivity index (χ4n) is 3.09. The van der Waals surface area contributed by atoms with E-state index in [0.29, 0.717) is 6.42 Å². The first-order valence-corrected chi connectivity index (χ1v) is 10.0. The van der Waals surface area contributed by atoms with Crippen LogP contribution in [0.3, 0.4) is 0 Å². The molecule has 0 N–H and O–H groups in total. The summed E-state index contributed by atoms with van der Waals surface area (Å²) in [6.45, 7) is 11.7. The van der Waals surface area contributed by atoms with Crippen molar-refractivity contribution in [3.8, 4) is 0 Å². The quantitative estimate of drug-likeness (QED) is 0.825. The average molecular weight is 373 g/mol. The van der Waals surface area contributed by atoms with Crippen molar-refractivity contribution in [2.24, 2.45) is 0 Å². The van der Waals surface area contributed by atoms with Crippen molar-refractivity contribution < 1.29 is 4.79 Å². The molecule has 0 spiro atoms. The maximum absolute atomic E-state index is 12.5. The zero-order valence-electron chi connectivity index (χ0n) is 16.2. The first-order valence-electron chi connectivity index (χ1n) is 9.26. The molecule has 1 amide bonds. The van der Waals surface area contributed by atoms with Gasteiger partial charge in [-0.05, 0) is 24.5 Å². The molecule has 1 aliphatic heterocycles. The SMILES string of the molecule is Cc1ccccc1CCC(=O)N1CCN(c2nc(C(C)(C)C)ns2)CC1. The number of aromatic nitrogens is 2. The van der Waals surface area contributed by atoms with Crippen molar-refractivity contribution >= 4 is 22.6 Å². The molecule has 5 nitrogen and oxygen atoms in total. The van der Waals surface area contributed by atoms with E-state index < -0.39 is 0 Å². The van der Waals surface area contributed by atoms with Crippen LogP contribution in [0, 0.1) is 6.92 Å². The highest BCUT2D eigenvalue weighted by Crippen LogP contribution is 2.26. The minimum absolute atomic E-state index is 0.0257. The van der Waals surface area contributed by atoms with Gasteiger partial charge in [0, 0.05) is 49.5 Å². The molecule has 6 heteroatoms. The standard InChI is InChI=1S/C20H28N4OS/c1-15-7-5-6-8-16(15)9-10-17(25)23-11-13-24(14-12-23)19-21-18(22-26-19)20(2,3)4/h5-8H,9-14H2,1-4H3. The lowest BCUT2D eigenvalue weighted by molar-refractivity contribution is -0.131. The Bertz CT molecular complexity index is 757. The topological polar surface area (TPSA) is 49.3 Å². The molecular formula is C20H28N4OS. The number of hydrogen-bond acceptors (Lipinski definition) is 5. The van der Waals surface area contributed by atoms with Crippen molar-refractivity contribution in [3.63, 3.8) is 0 Å². The van der Waals surface area contributed by atoms with Crippen molar-refractivity contribution in [2.75, 3.05) is 31.1 Å². The highest BCUT2D eigenvalue weighted by atomic mass is 32.1. The van der Waals surface area contributed by atoms with Gasteiger partial charge in [-0.3, -0.25) is 4.79 Å². The summed E-state index contributed by atoms with van der Waals surface area (Å²) in [7, 11) is 0. The second kappa shape index (κ2) is 7.74. The summed E-state index contributed by atoms with van der Waals surface area (Å²) in [6, 6.07) is 8.30. The van der Waals surface area contributed by atoms with E-state index in [2.05, 4.69) is 49.1 Å². The first-order chi connectivity index (χ1) is 12.3. The van der Waals surface area contributed by atoms with Gasteiger partial charge in [-0.2, -0.15) is 4.37 Å². The molecule has 3 rings (SSSR count). The van der Waals surface area contributed by atoms with Gasteiger partial charge in [0.15, 0.2) is 0 Å². The van der Waals surface area contributed by atoms with Gasteiger partial charge in [0.25, 0.3) is 0 Å². The Morgan fingerprint density at radius 1 is 1.15 bits per heavy atom. The summed E-state index contributed by atoms with van der Waals surface area (Å²) < 4.78 is 4.50. The zero-order valence-corrected chi connectivity index (χ0v) is 17.0. The van der Waals surface area contributed by atoms with Gasteiger partial charge in [-0.15, -0.1) is 0 Å². The molecule has 0 saturated carbocycles. The van der Waals surface area contributed by atoms with E-state index >= 15 is 0 Å². The van der Waals surface area contributed by atoms with Crippen molar-refractivity contribution in [1.82, 2.24) is 14.3 Å². The minimum atomic E-state index is -0.0257. The van der Waals surface area contributed by atoms with E-state index in [9.17, 15) is 4.79 Å². The Hall–Kier alpha value is -1.95. The van der Waals surface area contributed by atoms with Crippen LogP contribution in [0.5, 0.6) is 0 Å². The molecule has 0 bridgehead atoms. The van der Waals surface area contributed by atoms with E-state index in [1.54, 1.807) is 0 Å². The maximum atomic E-state index is 12.5. The molecule has 2 heterocycles. The van der Waals surface area contributed by atoms with Crippen LogP contribution in [0.2, 0.25) is 0 Å². The van der Waals surface area contributed by atoms with E-state index in [1.807, 2.05) is 17.0 Å². The fraction of sp³-hybridized carbons (Fsp3) is 0.550. The molecular weight excluding hydrogens is 344 g/mol. The second-order valence-electron chi connectivity index (χ2n) is 7.94. The highest BCUT2D eigenvalue weighted by Gasteiger charge is 2.25. The molecule has 0 unspecified atom stereocenters. The van der Waals surface area contributed by atoms with Gasteiger partial charge in [0.1, 0.15) is 5.82 Å². The number of benzene rings is 1. The van der Waals surface area contributed by atoms with Crippen LogP contribution in [0.4, 0.5) is 5.13 Å². The maximum Gasteiger partial charge on any atom is 0.223 e. The number of rotatable bonds is 4. The summed E-state index contributed by atoms with van der Waals surface area (Å²) in [5, 5.41) is 0.974. The van der Waals surface area contributed by atoms with E-state index in [4.69, 9.17) is 4.98 Å². The van der Waals surface area contributed by atoms with Crippen LogP contribution in [0.25, 0.3) is 0 Å². The summed E-state index contributed by atoms with van der Waals surface area (Å²) in [6.07, 6.45) is 1.40. The highest BCUT2D eigenvalue weighted by molar-refractivity contribution is 7.09. The molecule has 0 atom stereocenters. The third-order valence-corrected chi connectivity index (χ3v) is 5.64. The molecule has 26 heavy (non-hydrogen) atoms. The smallest absolute Gasteiger partial charge is 0.223 e. The molecule has 2 aromatic rings.